The first-order valence-electron chi connectivity index (χ1n) is 1.89. The molecule has 0 bridgehead atoms. The number of aliphatic hydroxyl groups is 1. The Morgan fingerprint density at radius 2 is 2.57 bits per heavy atom. The van der Waals surface area contributed by atoms with Crippen molar-refractivity contribution in [1.82, 2.24) is 0 Å². The highest BCUT2D eigenvalue weighted by atomic mass is 16.6. The topological polar surface area (TPSA) is 53.2 Å². The lowest BCUT2D eigenvalue weighted by Gasteiger charge is -1.98. The van der Waals surface area contributed by atoms with E-state index < -0.39 is 6.29 Å². The van der Waals surface area contributed by atoms with Gasteiger partial charge in [-0.15, -0.1) is 0 Å². The first-order valence-corrected chi connectivity index (χ1v) is 1.89. The fourth-order valence-electron chi connectivity index (χ4n) is 0.161. The first-order chi connectivity index (χ1) is 3.31. The zero-order valence-corrected chi connectivity index (χ0v) is 4.09. The number of nitriles is 1. The van der Waals surface area contributed by atoms with Crippen LogP contribution in [0.15, 0.2) is 0 Å². The summed E-state index contributed by atoms with van der Waals surface area (Å²) in [7, 11) is 1.35. The Kier molecular flexibility index (Phi) is 3.29. The van der Waals surface area contributed by atoms with Crippen molar-refractivity contribution in [2.45, 2.75) is 12.7 Å². The molecule has 0 aromatic heterocycles. The number of methoxy groups -OCH3 is 1. The molecule has 0 aromatic carbocycles. The van der Waals surface area contributed by atoms with E-state index in [1.165, 1.54) is 7.11 Å². The molecule has 0 aliphatic rings. The van der Waals surface area contributed by atoms with Crippen LogP contribution in [0.5, 0.6) is 0 Å². The smallest absolute Gasteiger partial charge is 0.167 e. The lowest BCUT2D eigenvalue weighted by Crippen LogP contribution is -2.06. The highest BCUT2D eigenvalue weighted by Gasteiger charge is 1.95. The molecule has 1 N–H and O–H groups in total. The van der Waals surface area contributed by atoms with Gasteiger partial charge in [-0.05, 0) is 0 Å². The van der Waals surface area contributed by atoms with Gasteiger partial charge in [0.15, 0.2) is 6.29 Å². The van der Waals surface area contributed by atoms with Crippen LogP contribution in [-0.4, -0.2) is 18.5 Å². The van der Waals surface area contributed by atoms with Crippen LogP contribution < -0.4 is 0 Å². The van der Waals surface area contributed by atoms with Gasteiger partial charge in [-0.1, -0.05) is 0 Å². The Bertz CT molecular complexity index is 76.2. The normalized spacial score (nSPS) is 12.7. The molecule has 0 aromatic rings. The molecule has 0 fully saturated rings. The van der Waals surface area contributed by atoms with E-state index in [1.807, 2.05) is 0 Å². The fraction of sp³-hybridized carbons (Fsp3) is 0.750. The molecule has 3 nitrogen and oxygen atoms in total. The van der Waals surface area contributed by atoms with Crippen molar-refractivity contribution in [3.05, 3.63) is 0 Å². The molecule has 0 radical (unpaired) electrons. The summed E-state index contributed by atoms with van der Waals surface area (Å²) >= 11 is 0. The van der Waals surface area contributed by atoms with Crippen LogP contribution in [0.3, 0.4) is 0 Å². The largest absolute Gasteiger partial charge is 0.367 e. The van der Waals surface area contributed by atoms with Crippen LogP contribution in [0.4, 0.5) is 0 Å². The maximum absolute atomic E-state index is 8.41. The average molecular weight is 101 g/mol. The van der Waals surface area contributed by atoms with Gasteiger partial charge in [0.05, 0.1) is 12.5 Å². The first kappa shape index (κ1) is 6.41. The van der Waals surface area contributed by atoms with Gasteiger partial charge in [0, 0.05) is 7.11 Å². The van der Waals surface area contributed by atoms with Gasteiger partial charge in [0.2, 0.25) is 0 Å². The summed E-state index contributed by atoms with van der Waals surface area (Å²) in [6, 6.07) is 1.74. The number of hydrogen-bond donors (Lipinski definition) is 1. The quantitative estimate of drug-likeness (QED) is 0.493. The van der Waals surface area contributed by atoms with E-state index in [1.54, 1.807) is 6.07 Å². The van der Waals surface area contributed by atoms with Crippen LogP contribution in [0.25, 0.3) is 0 Å². The van der Waals surface area contributed by atoms with Crippen molar-refractivity contribution in [3.8, 4) is 6.07 Å². The molecule has 3 heteroatoms. The standard InChI is InChI=1S/C4H7NO2/c1-7-4(6)2-3-5/h4,6H,2H2,1H3. The third-order valence-electron chi connectivity index (χ3n) is 0.538. The van der Waals surface area contributed by atoms with Gasteiger partial charge in [0.1, 0.15) is 0 Å². The lowest BCUT2D eigenvalue weighted by molar-refractivity contribution is -0.0690. The van der Waals surface area contributed by atoms with Crippen molar-refractivity contribution in [1.29, 1.82) is 5.26 Å². The predicted octanol–water partition coefficient (Wildman–Crippen LogP) is -0.135. The summed E-state index contributed by atoms with van der Waals surface area (Å²) in [5.41, 5.74) is 0. The monoisotopic (exact) mass is 101 g/mol. The molecule has 0 heterocycles. The molecule has 0 amide bonds. The molecular formula is C4H7NO2. The minimum Gasteiger partial charge on any atom is -0.367 e. The molecule has 1 unspecified atom stereocenters. The second kappa shape index (κ2) is 3.59. The van der Waals surface area contributed by atoms with Crippen LogP contribution in [0.2, 0.25) is 0 Å². The molecule has 0 saturated carbocycles. The van der Waals surface area contributed by atoms with Crippen molar-refractivity contribution < 1.29 is 9.84 Å². The van der Waals surface area contributed by atoms with Crippen LogP contribution >= 0.6 is 0 Å². The highest BCUT2D eigenvalue weighted by molar-refractivity contribution is 4.69. The number of aliphatic hydroxyl groups excluding tert-OH is 1. The summed E-state index contributed by atoms with van der Waals surface area (Å²) in [6.07, 6.45) is -0.874. The summed E-state index contributed by atoms with van der Waals surface area (Å²) in [5.74, 6) is 0. The van der Waals surface area contributed by atoms with Gasteiger partial charge in [-0.25, -0.2) is 0 Å². The van der Waals surface area contributed by atoms with E-state index in [0.29, 0.717) is 0 Å². The maximum Gasteiger partial charge on any atom is 0.167 e. The van der Waals surface area contributed by atoms with E-state index in [0.717, 1.165) is 0 Å². The Morgan fingerprint density at radius 3 is 2.71 bits per heavy atom. The highest BCUT2D eigenvalue weighted by Crippen LogP contribution is 1.86. The maximum atomic E-state index is 8.41. The van der Waals surface area contributed by atoms with Gasteiger partial charge >= 0.3 is 0 Å². The molecule has 0 saturated heterocycles. The van der Waals surface area contributed by atoms with E-state index in [-0.39, 0.29) is 6.42 Å². The zero-order chi connectivity index (χ0) is 5.70. The third-order valence-corrected chi connectivity index (χ3v) is 0.538. The second-order valence-corrected chi connectivity index (χ2v) is 1.05. The van der Waals surface area contributed by atoms with E-state index in [2.05, 4.69) is 4.74 Å². The fourth-order valence-corrected chi connectivity index (χ4v) is 0.161. The van der Waals surface area contributed by atoms with Crippen molar-refractivity contribution in [3.63, 3.8) is 0 Å². The van der Waals surface area contributed by atoms with Gasteiger partial charge in [0.25, 0.3) is 0 Å². The molecule has 0 spiro atoms. The molecular weight excluding hydrogens is 94.0 g/mol. The van der Waals surface area contributed by atoms with Crippen LogP contribution in [-0.2, 0) is 4.74 Å². The van der Waals surface area contributed by atoms with E-state index in [4.69, 9.17) is 10.4 Å². The molecule has 0 aliphatic carbocycles. The number of nitrogens with zero attached hydrogens (tertiary/aromatic N) is 1. The molecule has 0 rings (SSSR count). The van der Waals surface area contributed by atoms with Gasteiger partial charge < -0.3 is 9.84 Å². The summed E-state index contributed by atoms with van der Waals surface area (Å²) in [6.45, 7) is 0. The van der Waals surface area contributed by atoms with Gasteiger partial charge in [-0.3, -0.25) is 0 Å². The average Bonchev–Trinajstić information content (AvgIpc) is 1.68. The van der Waals surface area contributed by atoms with Crippen molar-refractivity contribution >= 4 is 0 Å². The SMILES string of the molecule is COC(O)CC#N. The summed E-state index contributed by atoms with van der Waals surface area (Å²) < 4.78 is 4.32. The lowest BCUT2D eigenvalue weighted by atomic mass is 10.5. The molecule has 7 heavy (non-hydrogen) atoms. The molecule has 40 valence electrons. The number of rotatable bonds is 2. The Labute approximate surface area is 42.1 Å². The number of hydrogen-bond acceptors (Lipinski definition) is 3. The van der Waals surface area contributed by atoms with E-state index >= 15 is 0 Å². The molecule has 0 aliphatic heterocycles. The predicted molar refractivity (Wildman–Crippen MR) is 23.2 cm³/mol. The zero-order valence-electron chi connectivity index (χ0n) is 4.09. The second-order valence-electron chi connectivity index (χ2n) is 1.05. The Balaban J connectivity index is 3.03. The summed E-state index contributed by atoms with van der Waals surface area (Å²) in [5, 5.41) is 16.3. The van der Waals surface area contributed by atoms with Crippen LogP contribution in [0, 0.1) is 11.3 Å². The number of ether oxygens (including phenoxy) is 1. The molecule has 1 atom stereocenters. The Hall–Kier alpha value is -0.590. The minimum absolute atomic E-state index is 0.0382. The van der Waals surface area contributed by atoms with E-state index in [9.17, 15) is 0 Å². The Morgan fingerprint density at radius 1 is 2.00 bits per heavy atom. The van der Waals surface area contributed by atoms with Gasteiger partial charge in [-0.2, -0.15) is 5.26 Å². The third kappa shape index (κ3) is 3.23. The van der Waals surface area contributed by atoms with Crippen molar-refractivity contribution in [2.24, 2.45) is 0 Å². The summed E-state index contributed by atoms with van der Waals surface area (Å²) in [4.78, 5) is 0. The minimum atomic E-state index is -0.912. The van der Waals surface area contributed by atoms with Crippen LogP contribution in [0.1, 0.15) is 6.42 Å². The van der Waals surface area contributed by atoms with Crippen molar-refractivity contribution in [2.75, 3.05) is 7.11 Å².